The van der Waals surface area contributed by atoms with Crippen LogP contribution in [0.25, 0.3) is 0 Å². The van der Waals surface area contributed by atoms with E-state index in [1.165, 1.54) is 12.1 Å². The average molecular weight is 365 g/mol. The van der Waals surface area contributed by atoms with Gasteiger partial charge in [0.15, 0.2) is 0 Å². The van der Waals surface area contributed by atoms with Crippen molar-refractivity contribution < 1.29 is 19.1 Å². The van der Waals surface area contributed by atoms with E-state index in [1.54, 1.807) is 13.0 Å². The molecule has 0 radical (unpaired) electrons. The molecule has 0 aromatic heterocycles. The van der Waals surface area contributed by atoms with Gasteiger partial charge in [-0.05, 0) is 40.6 Å². The van der Waals surface area contributed by atoms with Crippen LogP contribution < -0.4 is 5.32 Å². The van der Waals surface area contributed by atoms with Crippen LogP contribution in [0.1, 0.15) is 23.7 Å². The molecule has 1 rings (SSSR count). The Bertz CT molecular complexity index is 444. The summed E-state index contributed by atoms with van der Waals surface area (Å²) in [5.41, 5.74) is 0.000579. The second kappa shape index (κ2) is 6.67. The number of carboxylic acids is 1. The lowest BCUT2D eigenvalue weighted by atomic mass is 10.1. The van der Waals surface area contributed by atoms with E-state index in [-0.39, 0.29) is 24.4 Å². The van der Waals surface area contributed by atoms with Gasteiger partial charge in [-0.25, -0.2) is 4.39 Å². The minimum atomic E-state index is -0.919. The van der Waals surface area contributed by atoms with Gasteiger partial charge in [0.25, 0.3) is 5.91 Å². The van der Waals surface area contributed by atoms with E-state index in [4.69, 9.17) is 5.11 Å². The number of nitrogens with one attached hydrogen (secondary N) is 1. The molecule has 98 valence electrons. The van der Waals surface area contributed by atoms with Crippen LogP contribution in [0.5, 0.6) is 0 Å². The Morgan fingerprint density at radius 3 is 2.72 bits per heavy atom. The first kappa shape index (κ1) is 14.9. The molecule has 0 aliphatic carbocycles. The van der Waals surface area contributed by atoms with Crippen LogP contribution >= 0.6 is 22.6 Å². The normalized spacial score (nSPS) is 11.9. The number of amides is 1. The van der Waals surface area contributed by atoms with Gasteiger partial charge in [-0.15, -0.1) is 0 Å². The van der Waals surface area contributed by atoms with Gasteiger partial charge in [-0.1, -0.05) is 13.0 Å². The smallest absolute Gasteiger partial charge is 0.303 e. The van der Waals surface area contributed by atoms with Gasteiger partial charge in [0, 0.05) is 16.5 Å². The maximum absolute atomic E-state index is 13.5. The Hall–Kier alpha value is -1.18. The van der Waals surface area contributed by atoms with Gasteiger partial charge in [-0.2, -0.15) is 0 Å². The maximum atomic E-state index is 13.5. The van der Waals surface area contributed by atoms with Gasteiger partial charge in [-0.3, -0.25) is 9.59 Å². The van der Waals surface area contributed by atoms with Crippen LogP contribution in [0.2, 0.25) is 0 Å². The number of hydrogen-bond acceptors (Lipinski definition) is 2. The van der Waals surface area contributed by atoms with Crippen molar-refractivity contribution >= 4 is 34.5 Å². The molecule has 0 spiro atoms. The predicted octanol–water partition coefficient (Wildman–Crippen LogP) is 2.27. The molecule has 0 aliphatic rings. The molecule has 0 saturated heterocycles. The summed E-state index contributed by atoms with van der Waals surface area (Å²) in [5.74, 6) is -2.21. The number of hydrogen-bond donors (Lipinski definition) is 2. The number of benzene rings is 1. The summed E-state index contributed by atoms with van der Waals surface area (Å²) in [5, 5.41) is 11.1. The van der Waals surface area contributed by atoms with Gasteiger partial charge in [0.05, 0.1) is 5.56 Å². The molecule has 0 fully saturated rings. The summed E-state index contributed by atoms with van der Waals surface area (Å²) in [6.07, 6.45) is -0.0331. The van der Waals surface area contributed by atoms with Gasteiger partial charge in [0.1, 0.15) is 5.82 Å². The predicted molar refractivity (Wildman–Crippen MR) is 72.9 cm³/mol. The molecular weight excluding hydrogens is 352 g/mol. The molecular formula is C12H13FINO3. The van der Waals surface area contributed by atoms with E-state index in [2.05, 4.69) is 5.32 Å². The number of aliphatic carboxylic acids is 1. The lowest BCUT2D eigenvalue weighted by molar-refractivity contribution is -0.137. The first-order valence-electron chi connectivity index (χ1n) is 5.35. The molecule has 1 aromatic carbocycles. The molecule has 1 unspecified atom stereocenters. The van der Waals surface area contributed by atoms with Crippen molar-refractivity contribution in [2.45, 2.75) is 13.3 Å². The van der Waals surface area contributed by atoms with Crippen LogP contribution in [0.4, 0.5) is 4.39 Å². The van der Waals surface area contributed by atoms with Crippen molar-refractivity contribution in [3.05, 3.63) is 33.1 Å². The third kappa shape index (κ3) is 4.25. The summed E-state index contributed by atoms with van der Waals surface area (Å²) in [7, 11) is 0. The molecule has 4 nitrogen and oxygen atoms in total. The maximum Gasteiger partial charge on any atom is 0.303 e. The second-order valence-corrected chi connectivity index (χ2v) is 5.17. The molecule has 0 heterocycles. The van der Waals surface area contributed by atoms with E-state index >= 15 is 0 Å². The van der Waals surface area contributed by atoms with E-state index in [0.717, 1.165) is 0 Å². The molecule has 1 aromatic rings. The Morgan fingerprint density at radius 2 is 2.17 bits per heavy atom. The standard InChI is InChI=1S/C12H13FINO3/c1-7(5-10(16)17)6-15-12(18)11-8(13)3-2-4-9(11)14/h2-4,7H,5-6H2,1H3,(H,15,18)(H,16,17). The van der Waals surface area contributed by atoms with E-state index in [9.17, 15) is 14.0 Å². The number of carbonyl (C=O) groups excluding carboxylic acids is 1. The molecule has 0 bridgehead atoms. The van der Waals surface area contributed by atoms with Crippen LogP contribution in [-0.2, 0) is 4.79 Å². The van der Waals surface area contributed by atoms with Gasteiger partial charge >= 0.3 is 5.97 Å². The highest BCUT2D eigenvalue weighted by Crippen LogP contribution is 2.15. The Labute approximate surface area is 118 Å². The first-order valence-corrected chi connectivity index (χ1v) is 6.43. The second-order valence-electron chi connectivity index (χ2n) is 4.01. The molecule has 6 heteroatoms. The molecule has 0 saturated carbocycles. The number of carbonyl (C=O) groups is 2. The molecule has 18 heavy (non-hydrogen) atoms. The molecule has 1 amide bonds. The van der Waals surface area contributed by atoms with Crippen molar-refractivity contribution in [3.8, 4) is 0 Å². The largest absolute Gasteiger partial charge is 0.481 e. The Balaban J connectivity index is 2.63. The Kier molecular flexibility index (Phi) is 5.52. The monoisotopic (exact) mass is 365 g/mol. The number of rotatable bonds is 5. The fourth-order valence-corrected chi connectivity index (χ4v) is 2.15. The van der Waals surface area contributed by atoms with Crippen molar-refractivity contribution in [2.24, 2.45) is 5.92 Å². The molecule has 1 atom stereocenters. The van der Waals surface area contributed by atoms with Crippen molar-refractivity contribution in [2.75, 3.05) is 6.54 Å². The van der Waals surface area contributed by atoms with E-state index < -0.39 is 17.7 Å². The first-order chi connectivity index (χ1) is 8.41. The third-order valence-electron chi connectivity index (χ3n) is 2.32. The minimum Gasteiger partial charge on any atom is -0.481 e. The molecule has 0 aliphatic heterocycles. The highest BCUT2D eigenvalue weighted by molar-refractivity contribution is 14.1. The highest BCUT2D eigenvalue weighted by Gasteiger charge is 2.16. The zero-order chi connectivity index (χ0) is 13.7. The summed E-state index contributed by atoms with van der Waals surface area (Å²) >= 11 is 1.88. The summed E-state index contributed by atoms with van der Waals surface area (Å²) in [6, 6.07) is 4.39. The number of halogens is 2. The lowest BCUT2D eigenvalue weighted by Crippen LogP contribution is -2.30. The van der Waals surface area contributed by atoms with E-state index in [1.807, 2.05) is 22.6 Å². The minimum absolute atomic E-state index is 0.000579. The quantitative estimate of drug-likeness (QED) is 0.787. The van der Waals surface area contributed by atoms with Crippen molar-refractivity contribution in [3.63, 3.8) is 0 Å². The summed E-state index contributed by atoms with van der Waals surface area (Å²) in [6.45, 7) is 1.91. The molecule has 2 N–H and O–H groups in total. The van der Waals surface area contributed by atoms with Crippen molar-refractivity contribution in [1.29, 1.82) is 0 Å². The lowest BCUT2D eigenvalue weighted by Gasteiger charge is -2.11. The van der Waals surface area contributed by atoms with Crippen LogP contribution in [0, 0.1) is 15.3 Å². The van der Waals surface area contributed by atoms with Gasteiger partial charge < -0.3 is 10.4 Å². The third-order valence-corrected chi connectivity index (χ3v) is 3.22. The highest BCUT2D eigenvalue weighted by atomic mass is 127. The topological polar surface area (TPSA) is 66.4 Å². The average Bonchev–Trinajstić information content (AvgIpc) is 2.25. The summed E-state index contributed by atoms with van der Waals surface area (Å²) in [4.78, 5) is 22.2. The number of carboxylic acid groups (broad SMARTS) is 1. The fourth-order valence-electron chi connectivity index (χ4n) is 1.44. The van der Waals surface area contributed by atoms with Crippen LogP contribution in [0.3, 0.4) is 0 Å². The Morgan fingerprint density at radius 1 is 1.50 bits per heavy atom. The summed E-state index contributed by atoms with van der Waals surface area (Å²) < 4.78 is 14.0. The zero-order valence-electron chi connectivity index (χ0n) is 9.74. The van der Waals surface area contributed by atoms with Crippen LogP contribution in [-0.4, -0.2) is 23.5 Å². The zero-order valence-corrected chi connectivity index (χ0v) is 11.9. The SMILES string of the molecule is CC(CNC(=O)c1c(F)cccc1I)CC(=O)O. The van der Waals surface area contributed by atoms with E-state index in [0.29, 0.717) is 3.57 Å². The fraction of sp³-hybridized carbons (Fsp3) is 0.333. The van der Waals surface area contributed by atoms with Gasteiger partial charge in [0.2, 0.25) is 0 Å². The van der Waals surface area contributed by atoms with Crippen molar-refractivity contribution in [1.82, 2.24) is 5.32 Å². The van der Waals surface area contributed by atoms with Crippen LogP contribution in [0.15, 0.2) is 18.2 Å².